The summed E-state index contributed by atoms with van der Waals surface area (Å²) in [7, 11) is 0. The van der Waals surface area contributed by atoms with Crippen molar-refractivity contribution in [2.24, 2.45) is 0 Å². The van der Waals surface area contributed by atoms with E-state index in [2.05, 4.69) is 152 Å². The van der Waals surface area contributed by atoms with Crippen molar-refractivity contribution in [2.75, 3.05) is 77.5 Å². The van der Waals surface area contributed by atoms with Gasteiger partial charge in [0.2, 0.25) is 0 Å². The van der Waals surface area contributed by atoms with Gasteiger partial charge in [-0.15, -0.1) is 0 Å². The van der Waals surface area contributed by atoms with E-state index < -0.39 is 10.6 Å². The van der Waals surface area contributed by atoms with Gasteiger partial charge in [-0.1, -0.05) is 0 Å². The van der Waals surface area contributed by atoms with Gasteiger partial charge in [0.1, 0.15) is 0 Å². The number of hydrogen-bond donors (Lipinski definition) is 0. The molecule has 4 aromatic rings. The van der Waals surface area contributed by atoms with Crippen molar-refractivity contribution in [1.82, 2.24) is 0 Å². The Morgan fingerprint density at radius 3 is 0.750 bits per heavy atom. The van der Waals surface area contributed by atoms with Gasteiger partial charge in [-0.2, -0.15) is 0 Å². The van der Waals surface area contributed by atoms with Gasteiger partial charge in [0.05, 0.1) is 0 Å². The molecule has 1 fully saturated rings. The van der Waals surface area contributed by atoms with E-state index in [0.29, 0.717) is 52.9 Å². The Bertz CT molecular complexity index is 1270. The summed E-state index contributed by atoms with van der Waals surface area (Å²) in [5.41, 5.74) is 5.44. The second-order valence-electron chi connectivity index (χ2n) is 13.6. The van der Waals surface area contributed by atoms with Crippen LogP contribution < -0.4 is 0 Å². The van der Waals surface area contributed by atoms with E-state index in [1.54, 1.807) is 0 Å². The Balaban J connectivity index is 1.31. The summed E-state index contributed by atoms with van der Waals surface area (Å²) in [4.78, 5) is 0. The third-order valence-corrected chi connectivity index (χ3v) is 26.7. The summed E-state index contributed by atoms with van der Waals surface area (Å²) in [6, 6.07) is 43.6. The van der Waals surface area contributed by atoms with Crippen LogP contribution in [-0.4, -0.2) is 77.5 Å². The fraction of sp³-hybridized carbons (Fsp3) is 0.400. The quantitative estimate of drug-likeness (QED) is 0.166. The summed E-state index contributed by atoms with van der Waals surface area (Å²) in [5.74, 6) is 0. The molecule has 1 aliphatic rings. The minimum absolute atomic E-state index is 0.589. The van der Waals surface area contributed by atoms with E-state index in [9.17, 15) is 0 Å². The summed E-state index contributed by atoms with van der Waals surface area (Å²) in [6.45, 7) is 5.11. The Labute approximate surface area is 304 Å². The first-order valence-electron chi connectivity index (χ1n) is 17.2. The number of halogens is 2. The minimum atomic E-state index is -2.54. The molecule has 0 atom stereocenters. The molecule has 0 aromatic heterocycles. The molecule has 8 heteroatoms. The molecule has 1 heterocycles. The molecule has 4 nitrogen and oxygen atoms in total. The van der Waals surface area contributed by atoms with Crippen LogP contribution in [0.15, 0.2) is 121 Å². The van der Waals surface area contributed by atoms with Crippen LogP contribution in [0.4, 0.5) is 0 Å². The maximum atomic E-state index is 6.36. The first-order chi connectivity index (χ1) is 23.3. The van der Waals surface area contributed by atoms with Gasteiger partial charge in [-0.3, -0.25) is 0 Å². The Hall–Kier alpha value is -1.46. The first kappa shape index (κ1) is 37.8. The summed E-state index contributed by atoms with van der Waals surface area (Å²) >= 11 is 9.07. The Morgan fingerprint density at radius 1 is 0.333 bits per heavy atom. The molecule has 5 rings (SSSR count). The Kier molecular flexibility index (Phi) is 14.3. The van der Waals surface area contributed by atoms with Crippen LogP contribution in [0, 0.1) is 0 Å². The second-order valence-corrected chi connectivity index (χ2v) is 35.9. The van der Waals surface area contributed by atoms with E-state index in [1.807, 2.05) is 0 Å². The average Bonchev–Trinajstić information content (AvgIpc) is 3.09. The molecule has 0 aliphatic carbocycles. The SMILES string of the molecule is BrP1(Cc2ccccc2)(Cc2ccccc2)CCOCCOCCP(Br)(Cc2ccccc2)(Cc2ccccc2)CCOCCOCC1. The van der Waals surface area contributed by atoms with Crippen molar-refractivity contribution in [3.8, 4) is 0 Å². The molecule has 0 N–H and O–H groups in total. The third-order valence-electron chi connectivity index (χ3n) is 9.60. The molecule has 0 amide bonds. The van der Waals surface area contributed by atoms with Crippen molar-refractivity contribution in [2.45, 2.75) is 24.6 Å². The molecule has 48 heavy (non-hydrogen) atoms. The van der Waals surface area contributed by atoms with E-state index in [4.69, 9.17) is 18.9 Å². The fourth-order valence-corrected chi connectivity index (χ4v) is 20.9. The zero-order chi connectivity index (χ0) is 33.5. The van der Waals surface area contributed by atoms with Gasteiger partial charge in [-0.25, -0.2) is 0 Å². The molecule has 0 saturated carbocycles. The number of benzene rings is 4. The van der Waals surface area contributed by atoms with Gasteiger partial charge < -0.3 is 0 Å². The molecule has 4 aromatic carbocycles. The Morgan fingerprint density at radius 2 is 0.542 bits per heavy atom. The van der Waals surface area contributed by atoms with E-state index >= 15 is 0 Å². The third kappa shape index (κ3) is 11.8. The number of rotatable bonds is 8. The molecule has 0 radical (unpaired) electrons. The van der Waals surface area contributed by atoms with E-state index in [0.717, 1.165) is 49.3 Å². The molecule has 0 bridgehead atoms. The van der Waals surface area contributed by atoms with Gasteiger partial charge in [0.25, 0.3) is 0 Å². The van der Waals surface area contributed by atoms with Gasteiger partial charge >= 0.3 is 306 Å². The average molecular weight is 819 g/mol. The van der Waals surface area contributed by atoms with Crippen LogP contribution in [0.5, 0.6) is 0 Å². The molecule has 0 unspecified atom stereocenters. The van der Waals surface area contributed by atoms with Crippen LogP contribution in [0.25, 0.3) is 0 Å². The van der Waals surface area contributed by atoms with Crippen molar-refractivity contribution in [3.63, 3.8) is 0 Å². The summed E-state index contributed by atoms with van der Waals surface area (Å²) < 4.78 is 25.4. The van der Waals surface area contributed by atoms with Crippen molar-refractivity contribution < 1.29 is 18.9 Å². The number of hydrogen-bond acceptors (Lipinski definition) is 4. The maximum absolute atomic E-state index is 6.36. The van der Waals surface area contributed by atoms with Crippen LogP contribution in [0.3, 0.4) is 0 Å². The predicted octanol–water partition coefficient (Wildman–Crippen LogP) is 10.6. The summed E-state index contributed by atoms with van der Waals surface area (Å²) in [5, 5.41) is -5.08. The molecular weight excluding hydrogens is 766 g/mol. The first-order valence-corrected chi connectivity index (χ1v) is 27.2. The van der Waals surface area contributed by atoms with Gasteiger partial charge in [0, 0.05) is 0 Å². The zero-order valence-electron chi connectivity index (χ0n) is 28.1. The van der Waals surface area contributed by atoms with Crippen LogP contribution in [0.1, 0.15) is 22.3 Å². The van der Waals surface area contributed by atoms with Crippen molar-refractivity contribution in [1.29, 1.82) is 0 Å². The van der Waals surface area contributed by atoms with E-state index in [1.165, 1.54) is 22.3 Å². The predicted molar refractivity (Wildman–Crippen MR) is 215 cm³/mol. The second kappa shape index (κ2) is 18.2. The molecule has 1 saturated heterocycles. The monoisotopic (exact) mass is 816 g/mol. The van der Waals surface area contributed by atoms with Crippen LogP contribution >= 0.6 is 41.6 Å². The standard InChI is InChI=1S/C40H52Br2O4P2/c41-47(33-37-13-5-1-6-14-37,34-38-15-7-2-8-16-38)29-25-43-21-23-45-27-31-48(42,35-39-17-9-3-10-18-39,36-40-19-11-4-12-20-40)32-28-46-24-22-44-26-30-47/h1-20H,21-36H2. The molecule has 0 spiro atoms. The van der Waals surface area contributed by atoms with Crippen LogP contribution in [0.2, 0.25) is 0 Å². The van der Waals surface area contributed by atoms with Crippen molar-refractivity contribution >= 4 is 41.6 Å². The molecule has 1 aliphatic heterocycles. The molecule has 260 valence electrons. The van der Waals surface area contributed by atoms with Crippen molar-refractivity contribution in [3.05, 3.63) is 144 Å². The van der Waals surface area contributed by atoms with Crippen LogP contribution in [-0.2, 0) is 43.6 Å². The molecular formula is C40H52Br2O4P2. The zero-order valence-corrected chi connectivity index (χ0v) is 33.1. The van der Waals surface area contributed by atoms with E-state index in [-0.39, 0.29) is 0 Å². The van der Waals surface area contributed by atoms with Gasteiger partial charge in [-0.05, 0) is 0 Å². The summed E-state index contributed by atoms with van der Waals surface area (Å²) in [6.07, 6.45) is 7.90. The fourth-order valence-electron chi connectivity index (χ4n) is 6.94. The number of ether oxygens (including phenoxy) is 4. The van der Waals surface area contributed by atoms with Gasteiger partial charge in [0.15, 0.2) is 0 Å². The topological polar surface area (TPSA) is 36.9 Å². The normalized spacial score (nSPS) is 22.3.